The number of carbonyl (C=O) groups excluding carboxylic acids is 1. The summed E-state index contributed by atoms with van der Waals surface area (Å²) in [7, 11) is 3.20. The molecule has 5 rings (SSSR count). The van der Waals surface area contributed by atoms with Crippen molar-refractivity contribution in [1.29, 1.82) is 0 Å². The number of ether oxygens (including phenoxy) is 2. The van der Waals surface area contributed by atoms with Gasteiger partial charge >= 0.3 is 0 Å². The van der Waals surface area contributed by atoms with Crippen molar-refractivity contribution in [2.75, 3.05) is 26.5 Å². The van der Waals surface area contributed by atoms with Crippen LogP contribution in [0.15, 0.2) is 66.7 Å². The Morgan fingerprint density at radius 2 is 1.69 bits per heavy atom. The summed E-state index contributed by atoms with van der Waals surface area (Å²) >= 11 is 0. The van der Waals surface area contributed by atoms with E-state index >= 15 is 0 Å². The summed E-state index contributed by atoms with van der Waals surface area (Å²) in [6.07, 6.45) is 0.608. The van der Waals surface area contributed by atoms with E-state index < -0.39 is 0 Å². The predicted molar refractivity (Wildman–Crippen MR) is 141 cm³/mol. The van der Waals surface area contributed by atoms with E-state index in [4.69, 9.17) is 25.2 Å². The summed E-state index contributed by atoms with van der Waals surface area (Å²) in [5.74, 6) is 1.31. The van der Waals surface area contributed by atoms with E-state index in [2.05, 4.69) is 5.32 Å². The van der Waals surface area contributed by atoms with Crippen molar-refractivity contribution in [3.63, 3.8) is 0 Å². The monoisotopic (exact) mass is 481 g/mol. The van der Waals surface area contributed by atoms with Crippen LogP contribution in [0.25, 0.3) is 27.9 Å². The zero-order valence-corrected chi connectivity index (χ0v) is 20.4. The van der Waals surface area contributed by atoms with Gasteiger partial charge in [-0.1, -0.05) is 30.3 Å². The molecule has 0 aliphatic rings. The lowest BCUT2D eigenvalue weighted by Gasteiger charge is -2.10. The number of amides is 1. The second-order valence-electron chi connectivity index (χ2n) is 8.51. The van der Waals surface area contributed by atoms with E-state index in [-0.39, 0.29) is 5.91 Å². The van der Waals surface area contributed by atoms with Gasteiger partial charge in [0.05, 0.1) is 25.3 Å². The van der Waals surface area contributed by atoms with Gasteiger partial charge in [-0.3, -0.25) is 9.36 Å². The highest BCUT2D eigenvalue weighted by Gasteiger charge is 2.24. The number of aromatic nitrogens is 3. The minimum Gasteiger partial charge on any atom is -0.493 e. The highest BCUT2D eigenvalue weighted by atomic mass is 16.5. The molecule has 0 unspecified atom stereocenters. The normalized spacial score (nSPS) is 11.1. The number of hydrogen-bond donors (Lipinski definition) is 2. The molecule has 5 aromatic rings. The van der Waals surface area contributed by atoms with Crippen molar-refractivity contribution in [2.24, 2.45) is 0 Å². The maximum absolute atomic E-state index is 13.4. The van der Waals surface area contributed by atoms with Gasteiger partial charge in [0, 0.05) is 12.2 Å². The number of anilines is 1. The zero-order valence-electron chi connectivity index (χ0n) is 20.4. The van der Waals surface area contributed by atoms with E-state index in [1.807, 2.05) is 73.7 Å². The molecule has 0 radical (unpaired) electrons. The summed E-state index contributed by atoms with van der Waals surface area (Å²) in [5.41, 5.74) is 12.3. The molecule has 8 heteroatoms. The van der Waals surface area contributed by atoms with Crippen LogP contribution in [0.5, 0.6) is 11.5 Å². The van der Waals surface area contributed by atoms with Crippen LogP contribution in [0.4, 0.5) is 5.82 Å². The summed E-state index contributed by atoms with van der Waals surface area (Å²) in [4.78, 5) is 23.0. The summed E-state index contributed by atoms with van der Waals surface area (Å²) < 4.78 is 12.5. The molecule has 0 spiro atoms. The maximum atomic E-state index is 13.4. The molecule has 3 aromatic carbocycles. The molecule has 0 atom stereocenters. The number of methoxy groups -OCH3 is 2. The van der Waals surface area contributed by atoms with Crippen molar-refractivity contribution in [3.8, 4) is 17.2 Å². The van der Waals surface area contributed by atoms with Crippen LogP contribution in [-0.2, 0) is 6.42 Å². The van der Waals surface area contributed by atoms with Crippen LogP contribution in [0.1, 0.15) is 21.5 Å². The summed E-state index contributed by atoms with van der Waals surface area (Å²) in [6.45, 7) is 2.42. The largest absolute Gasteiger partial charge is 0.493 e. The first-order valence-corrected chi connectivity index (χ1v) is 11.6. The molecule has 36 heavy (non-hydrogen) atoms. The zero-order chi connectivity index (χ0) is 25.2. The number of para-hydroxylation sites is 2. The predicted octanol–water partition coefficient (Wildman–Crippen LogP) is 4.45. The van der Waals surface area contributed by atoms with E-state index in [0.717, 1.165) is 22.3 Å². The molecule has 0 saturated heterocycles. The van der Waals surface area contributed by atoms with Gasteiger partial charge in [0.25, 0.3) is 5.91 Å². The Morgan fingerprint density at radius 1 is 0.944 bits per heavy atom. The minimum atomic E-state index is -0.297. The first kappa shape index (κ1) is 23.2. The number of rotatable bonds is 7. The lowest BCUT2D eigenvalue weighted by Crippen LogP contribution is -2.26. The molecule has 2 aromatic heterocycles. The first-order valence-electron chi connectivity index (χ1n) is 11.6. The third-order valence-corrected chi connectivity index (χ3v) is 6.13. The van der Waals surface area contributed by atoms with E-state index in [9.17, 15) is 4.79 Å². The molecule has 0 bridgehead atoms. The Labute approximate surface area is 208 Å². The molecule has 182 valence electrons. The third-order valence-electron chi connectivity index (χ3n) is 6.13. The second kappa shape index (κ2) is 9.58. The fourth-order valence-electron chi connectivity index (χ4n) is 4.36. The van der Waals surface area contributed by atoms with Crippen LogP contribution in [0.2, 0.25) is 0 Å². The van der Waals surface area contributed by atoms with Crippen molar-refractivity contribution in [1.82, 2.24) is 19.9 Å². The highest BCUT2D eigenvalue weighted by molar-refractivity contribution is 6.11. The van der Waals surface area contributed by atoms with Crippen LogP contribution >= 0.6 is 0 Å². The third kappa shape index (κ3) is 4.17. The Morgan fingerprint density at radius 3 is 2.42 bits per heavy atom. The number of benzene rings is 3. The number of hydrogen-bond acceptors (Lipinski definition) is 6. The van der Waals surface area contributed by atoms with Gasteiger partial charge in [-0.25, -0.2) is 9.97 Å². The molecule has 8 nitrogen and oxygen atoms in total. The van der Waals surface area contributed by atoms with Gasteiger partial charge < -0.3 is 20.5 Å². The van der Waals surface area contributed by atoms with Crippen molar-refractivity contribution in [2.45, 2.75) is 13.3 Å². The fourth-order valence-corrected chi connectivity index (χ4v) is 4.36. The molecular formula is C28H27N5O3. The van der Waals surface area contributed by atoms with Gasteiger partial charge in [-0.2, -0.15) is 0 Å². The molecule has 0 aliphatic heterocycles. The number of fused-ring (bicyclic) bond motifs is 2. The number of aryl methyl sites for hydroxylation is 1. The Balaban J connectivity index is 1.51. The molecule has 0 fully saturated rings. The Bertz CT molecular complexity index is 1590. The lowest BCUT2D eigenvalue weighted by atomic mass is 10.1. The Kier molecular flexibility index (Phi) is 6.16. The molecule has 1 amide bonds. The van der Waals surface area contributed by atoms with Crippen LogP contribution in [0.3, 0.4) is 0 Å². The molecular weight excluding hydrogens is 454 g/mol. The average Bonchev–Trinajstić information content (AvgIpc) is 3.17. The minimum absolute atomic E-state index is 0.297. The number of nitrogen functional groups attached to an aromatic ring is 1. The number of nitrogens with two attached hydrogens (primary N) is 1. The average molecular weight is 482 g/mol. The second-order valence-corrected chi connectivity index (χ2v) is 8.51. The van der Waals surface area contributed by atoms with Crippen molar-refractivity contribution >= 4 is 33.9 Å². The molecule has 0 saturated carbocycles. The molecule has 3 N–H and O–H groups in total. The summed E-state index contributed by atoms with van der Waals surface area (Å²) in [6, 6.07) is 21.2. The van der Waals surface area contributed by atoms with Crippen LogP contribution < -0.4 is 20.5 Å². The van der Waals surface area contributed by atoms with E-state index in [1.54, 1.807) is 18.8 Å². The SMILES string of the molecule is COc1ccc(CCNC(=O)c2c(N)n(-c3cccc(C)c3)c3nc4ccccc4nc23)cc1OC. The topological polar surface area (TPSA) is 104 Å². The first-order chi connectivity index (χ1) is 17.5. The Hall–Kier alpha value is -4.59. The fraction of sp³-hybridized carbons (Fsp3) is 0.179. The maximum Gasteiger partial charge on any atom is 0.257 e. The number of carbonyl (C=O) groups is 1. The lowest BCUT2D eigenvalue weighted by molar-refractivity contribution is 0.0956. The van der Waals surface area contributed by atoms with E-state index in [0.29, 0.717) is 52.5 Å². The van der Waals surface area contributed by atoms with Gasteiger partial charge in [0.15, 0.2) is 17.1 Å². The van der Waals surface area contributed by atoms with Crippen molar-refractivity contribution in [3.05, 3.63) is 83.4 Å². The van der Waals surface area contributed by atoms with Gasteiger partial charge in [0.2, 0.25) is 0 Å². The molecule has 0 aliphatic carbocycles. The van der Waals surface area contributed by atoms with Crippen LogP contribution in [0, 0.1) is 6.92 Å². The number of nitrogens with one attached hydrogen (secondary N) is 1. The smallest absolute Gasteiger partial charge is 0.257 e. The van der Waals surface area contributed by atoms with Gasteiger partial charge in [0.1, 0.15) is 16.9 Å². The van der Waals surface area contributed by atoms with Gasteiger partial charge in [-0.05, 0) is 60.9 Å². The number of nitrogens with zero attached hydrogens (tertiary/aromatic N) is 3. The van der Waals surface area contributed by atoms with E-state index in [1.165, 1.54) is 0 Å². The molecule has 2 heterocycles. The van der Waals surface area contributed by atoms with Crippen LogP contribution in [-0.4, -0.2) is 41.2 Å². The quantitative estimate of drug-likeness (QED) is 0.356. The standard InChI is InChI=1S/C28H27N5O3/c1-17-7-6-8-19(15-17)33-26(29)24(25-27(33)32-21-10-5-4-9-20(21)31-25)28(34)30-14-13-18-11-12-22(35-2)23(16-18)36-3/h4-12,15-16H,13-14,29H2,1-3H3,(H,30,34). The van der Waals surface area contributed by atoms with Gasteiger partial charge in [-0.15, -0.1) is 0 Å². The van der Waals surface area contributed by atoms with Crippen molar-refractivity contribution < 1.29 is 14.3 Å². The summed E-state index contributed by atoms with van der Waals surface area (Å²) in [5, 5.41) is 3.00. The highest BCUT2D eigenvalue weighted by Crippen LogP contribution is 2.31.